The molecule has 2 N–H and O–H groups in total. The van der Waals surface area contributed by atoms with Gasteiger partial charge in [-0.2, -0.15) is 0 Å². The van der Waals surface area contributed by atoms with Gasteiger partial charge in [-0.25, -0.2) is 8.78 Å². The summed E-state index contributed by atoms with van der Waals surface area (Å²) in [6, 6.07) is 15.8. The van der Waals surface area contributed by atoms with Crippen molar-refractivity contribution < 1.29 is 18.7 Å². The van der Waals surface area contributed by atoms with Crippen LogP contribution < -0.4 is 5.32 Å². The third kappa shape index (κ3) is 3.41. The van der Waals surface area contributed by atoms with Crippen LogP contribution in [0.4, 0.5) is 8.78 Å². The first-order valence-electron chi connectivity index (χ1n) is 7.44. The van der Waals surface area contributed by atoms with Crippen molar-refractivity contribution in [2.24, 2.45) is 0 Å². The van der Waals surface area contributed by atoms with Gasteiger partial charge >= 0.3 is 0 Å². The van der Waals surface area contributed by atoms with Crippen LogP contribution in [-0.4, -0.2) is 17.6 Å². The van der Waals surface area contributed by atoms with Gasteiger partial charge in [-0.15, -0.1) is 0 Å². The van der Waals surface area contributed by atoms with Gasteiger partial charge in [-0.05, 0) is 40.6 Å². The molecule has 0 aromatic heterocycles. The van der Waals surface area contributed by atoms with Gasteiger partial charge in [0.2, 0.25) is 0 Å². The Labute approximate surface area is 137 Å². The fourth-order valence-corrected chi connectivity index (χ4v) is 2.49. The van der Waals surface area contributed by atoms with Crippen molar-refractivity contribution in [3.05, 3.63) is 83.4 Å². The smallest absolute Gasteiger partial charge is 0.254 e. The highest BCUT2D eigenvalue weighted by molar-refractivity contribution is 5.94. The molecule has 3 aromatic carbocycles. The molecule has 0 fully saturated rings. The van der Waals surface area contributed by atoms with E-state index in [0.717, 1.165) is 29.0 Å². The first-order chi connectivity index (χ1) is 11.5. The molecule has 0 heterocycles. The number of aliphatic hydroxyl groups is 1. The molecule has 0 saturated carbocycles. The van der Waals surface area contributed by atoms with Crippen LogP contribution >= 0.6 is 0 Å². The molecule has 0 aliphatic carbocycles. The van der Waals surface area contributed by atoms with Gasteiger partial charge in [0.05, 0.1) is 11.7 Å². The average molecular weight is 327 g/mol. The molecule has 3 aromatic rings. The number of hydrogen-bond donors (Lipinski definition) is 2. The van der Waals surface area contributed by atoms with Crippen LogP contribution in [0.15, 0.2) is 60.7 Å². The zero-order valence-corrected chi connectivity index (χ0v) is 12.7. The number of aliphatic hydroxyl groups excluding tert-OH is 1. The van der Waals surface area contributed by atoms with Gasteiger partial charge < -0.3 is 10.4 Å². The van der Waals surface area contributed by atoms with Crippen LogP contribution in [-0.2, 0) is 0 Å². The lowest BCUT2D eigenvalue weighted by Crippen LogP contribution is -2.29. The largest absolute Gasteiger partial charge is 0.387 e. The van der Waals surface area contributed by atoms with Crippen LogP contribution in [0.2, 0.25) is 0 Å². The van der Waals surface area contributed by atoms with E-state index in [1.807, 2.05) is 36.4 Å². The minimum absolute atomic E-state index is 0.104. The number of rotatable bonds is 4. The van der Waals surface area contributed by atoms with E-state index in [-0.39, 0.29) is 12.1 Å². The standard InChI is InChI=1S/C19H15F2NO2/c20-15-7-8-17(21)16(10-15)19(24)22-11-18(23)14-6-5-12-3-1-2-4-13(12)9-14/h1-10,18,23H,11H2,(H,22,24). The maximum atomic E-state index is 13.6. The van der Waals surface area contributed by atoms with E-state index in [9.17, 15) is 18.7 Å². The van der Waals surface area contributed by atoms with E-state index in [4.69, 9.17) is 0 Å². The molecule has 0 bridgehead atoms. The third-order valence-corrected chi connectivity index (χ3v) is 3.79. The summed E-state index contributed by atoms with van der Waals surface area (Å²) in [6.45, 7) is -0.104. The van der Waals surface area contributed by atoms with Crippen molar-refractivity contribution in [3.63, 3.8) is 0 Å². The van der Waals surface area contributed by atoms with Crippen LogP contribution in [0.3, 0.4) is 0 Å². The number of halogens is 2. The molecule has 1 unspecified atom stereocenters. The van der Waals surface area contributed by atoms with Gasteiger partial charge in [0.25, 0.3) is 5.91 Å². The summed E-state index contributed by atoms with van der Waals surface area (Å²) in [6.07, 6.45) is -0.949. The number of benzene rings is 3. The van der Waals surface area contributed by atoms with Crippen LogP contribution in [0.5, 0.6) is 0 Å². The molecule has 3 rings (SSSR count). The Morgan fingerprint density at radius 1 is 1.00 bits per heavy atom. The zero-order chi connectivity index (χ0) is 17.1. The van der Waals surface area contributed by atoms with Crippen molar-refractivity contribution >= 4 is 16.7 Å². The van der Waals surface area contributed by atoms with Crippen molar-refractivity contribution in [1.29, 1.82) is 0 Å². The lowest BCUT2D eigenvalue weighted by atomic mass is 10.0. The molecule has 0 aliphatic rings. The second-order valence-electron chi connectivity index (χ2n) is 5.46. The van der Waals surface area contributed by atoms with Crippen LogP contribution in [0.1, 0.15) is 22.0 Å². The Kier molecular flexibility index (Phi) is 4.53. The molecule has 1 amide bonds. The monoisotopic (exact) mass is 327 g/mol. The average Bonchev–Trinajstić information content (AvgIpc) is 2.61. The van der Waals surface area contributed by atoms with Gasteiger partial charge in [0, 0.05) is 6.54 Å². The highest BCUT2D eigenvalue weighted by atomic mass is 19.1. The Balaban J connectivity index is 1.71. The van der Waals surface area contributed by atoms with Crippen LogP contribution in [0, 0.1) is 11.6 Å². The van der Waals surface area contributed by atoms with E-state index in [1.54, 1.807) is 6.07 Å². The maximum Gasteiger partial charge on any atom is 0.254 e. The van der Waals surface area contributed by atoms with Crippen molar-refractivity contribution in [1.82, 2.24) is 5.32 Å². The van der Waals surface area contributed by atoms with E-state index in [1.165, 1.54) is 0 Å². The normalized spacial score (nSPS) is 12.1. The predicted octanol–water partition coefficient (Wildman–Crippen LogP) is 3.58. The second kappa shape index (κ2) is 6.76. The summed E-state index contributed by atoms with van der Waals surface area (Å²) in [5.74, 6) is -2.28. The summed E-state index contributed by atoms with van der Waals surface area (Å²) >= 11 is 0. The van der Waals surface area contributed by atoms with Gasteiger partial charge in [0.1, 0.15) is 11.6 Å². The molecule has 0 radical (unpaired) electrons. The van der Waals surface area contributed by atoms with E-state index in [2.05, 4.69) is 5.32 Å². The molecule has 24 heavy (non-hydrogen) atoms. The van der Waals surface area contributed by atoms with Crippen molar-refractivity contribution in [2.75, 3.05) is 6.54 Å². The summed E-state index contributed by atoms with van der Waals surface area (Å²) in [5, 5.41) is 14.6. The fraction of sp³-hybridized carbons (Fsp3) is 0.105. The van der Waals surface area contributed by atoms with Crippen molar-refractivity contribution in [2.45, 2.75) is 6.10 Å². The lowest BCUT2D eigenvalue weighted by molar-refractivity contribution is 0.0912. The molecular weight excluding hydrogens is 312 g/mol. The number of fused-ring (bicyclic) bond motifs is 1. The van der Waals surface area contributed by atoms with E-state index in [0.29, 0.717) is 5.56 Å². The minimum Gasteiger partial charge on any atom is -0.387 e. The van der Waals surface area contributed by atoms with Crippen LogP contribution in [0.25, 0.3) is 10.8 Å². The maximum absolute atomic E-state index is 13.6. The van der Waals surface area contributed by atoms with Gasteiger partial charge in [-0.1, -0.05) is 36.4 Å². The highest BCUT2D eigenvalue weighted by Crippen LogP contribution is 2.20. The topological polar surface area (TPSA) is 49.3 Å². The molecule has 0 spiro atoms. The summed E-state index contributed by atoms with van der Waals surface area (Å²) < 4.78 is 26.7. The van der Waals surface area contributed by atoms with Gasteiger partial charge in [-0.3, -0.25) is 4.79 Å². The second-order valence-corrected chi connectivity index (χ2v) is 5.46. The Bertz CT molecular complexity index is 895. The molecular formula is C19H15F2NO2. The minimum atomic E-state index is -0.949. The number of amides is 1. The summed E-state index contributed by atoms with van der Waals surface area (Å²) in [5.41, 5.74) is 0.245. The first kappa shape index (κ1) is 16.1. The van der Waals surface area contributed by atoms with Gasteiger partial charge in [0.15, 0.2) is 0 Å². The number of carbonyl (C=O) groups excluding carboxylic acids is 1. The molecule has 0 saturated heterocycles. The predicted molar refractivity (Wildman–Crippen MR) is 87.6 cm³/mol. The van der Waals surface area contributed by atoms with E-state index >= 15 is 0 Å². The highest BCUT2D eigenvalue weighted by Gasteiger charge is 2.15. The zero-order valence-electron chi connectivity index (χ0n) is 12.7. The third-order valence-electron chi connectivity index (χ3n) is 3.79. The summed E-state index contributed by atoms with van der Waals surface area (Å²) in [4.78, 5) is 11.9. The lowest BCUT2D eigenvalue weighted by Gasteiger charge is -2.13. The Morgan fingerprint density at radius 2 is 1.75 bits per heavy atom. The molecule has 3 nitrogen and oxygen atoms in total. The van der Waals surface area contributed by atoms with Crippen molar-refractivity contribution in [3.8, 4) is 0 Å². The number of nitrogens with one attached hydrogen (secondary N) is 1. The first-order valence-corrected chi connectivity index (χ1v) is 7.44. The quantitative estimate of drug-likeness (QED) is 0.769. The number of hydrogen-bond acceptors (Lipinski definition) is 2. The van der Waals surface area contributed by atoms with E-state index < -0.39 is 23.6 Å². The molecule has 122 valence electrons. The Hall–Kier alpha value is -2.79. The summed E-state index contributed by atoms with van der Waals surface area (Å²) in [7, 11) is 0. The molecule has 1 atom stereocenters. The SMILES string of the molecule is O=C(NCC(O)c1ccc2ccccc2c1)c1cc(F)ccc1F. The molecule has 5 heteroatoms. The number of carbonyl (C=O) groups is 1. The molecule has 0 aliphatic heterocycles. The Morgan fingerprint density at radius 3 is 2.54 bits per heavy atom. The fourth-order valence-electron chi connectivity index (χ4n) is 2.49.